The second-order valence-corrected chi connectivity index (χ2v) is 5.17. The Morgan fingerprint density at radius 2 is 1.88 bits per heavy atom. The number of thiophene rings is 1. The lowest BCUT2D eigenvalue weighted by molar-refractivity contribution is 0.513. The highest BCUT2D eigenvalue weighted by Gasteiger charge is 2.23. The predicted octanol–water partition coefficient (Wildman–Crippen LogP) is 3.34. The number of hydrogen-bond acceptors (Lipinski definition) is 3. The van der Waals surface area contributed by atoms with Gasteiger partial charge in [0.05, 0.1) is 6.04 Å². The summed E-state index contributed by atoms with van der Waals surface area (Å²) in [6, 6.07) is 4.86. The maximum absolute atomic E-state index is 13.7. The highest BCUT2D eigenvalue weighted by Crippen LogP contribution is 2.34. The lowest BCUT2D eigenvalue weighted by atomic mass is 10.0. The SMILES string of the molecule is NNC(c1sccc1Br)c1c(F)cccc1F. The second kappa shape index (κ2) is 5.22. The molecule has 0 bridgehead atoms. The molecular weight excluding hydrogens is 310 g/mol. The summed E-state index contributed by atoms with van der Waals surface area (Å²) < 4.78 is 28.1. The van der Waals surface area contributed by atoms with E-state index in [1.165, 1.54) is 29.5 Å². The first-order chi connectivity index (χ1) is 8.15. The van der Waals surface area contributed by atoms with Gasteiger partial charge in [-0.25, -0.2) is 14.2 Å². The number of hydrogen-bond donors (Lipinski definition) is 2. The van der Waals surface area contributed by atoms with E-state index in [-0.39, 0.29) is 5.56 Å². The summed E-state index contributed by atoms with van der Waals surface area (Å²) in [7, 11) is 0. The van der Waals surface area contributed by atoms with E-state index in [4.69, 9.17) is 5.84 Å². The van der Waals surface area contributed by atoms with Crippen LogP contribution in [0, 0.1) is 11.6 Å². The molecule has 90 valence electrons. The fourth-order valence-electron chi connectivity index (χ4n) is 1.59. The minimum Gasteiger partial charge on any atom is -0.271 e. The van der Waals surface area contributed by atoms with E-state index in [1.807, 2.05) is 11.4 Å². The fraction of sp³-hybridized carbons (Fsp3) is 0.0909. The van der Waals surface area contributed by atoms with Crippen LogP contribution in [0.25, 0.3) is 0 Å². The van der Waals surface area contributed by atoms with Crippen molar-refractivity contribution in [2.45, 2.75) is 6.04 Å². The van der Waals surface area contributed by atoms with Gasteiger partial charge in [0.25, 0.3) is 0 Å². The largest absolute Gasteiger partial charge is 0.271 e. The molecule has 1 aromatic carbocycles. The van der Waals surface area contributed by atoms with Crippen molar-refractivity contribution in [3.8, 4) is 0 Å². The molecule has 0 spiro atoms. The van der Waals surface area contributed by atoms with Crippen LogP contribution in [0.2, 0.25) is 0 Å². The summed E-state index contributed by atoms with van der Waals surface area (Å²) in [5.41, 5.74) is 2.37. The van der Waals surface area contributed by atoms with Gasteiger partial charge in [0, 0.05) is 14.9 Å². The van der Waals surface area contributed by atoms with E-state index in [2.05, 4.69) is 21.4 Å². The number of nitrogens with two attached hydrogens (primary N) is 1. The molecule has 0 fully saturated rings. The Balaban J connectivity index is 2.53. The molecule has 0 aliphatic carbocycles. The first kappa shape index (κ1) is 12.6. The molecule has 0 saturated heterocycles. The highest BCUT2D eigenvalue weighted by atomic mass is 79.9. The number of rotatable bonds is 3. The molecule has 1 aromatic heterocycles. The molecule has 0 amide bonds. The normalized spacial score (nSPS) is 12.7. The second-order valence-electron chi connectivity index (χ2n) is 3.37. The molecular formula is C11H9BrF2N2S. The van der Waals surface area contributed by atoms with E-state index in [1.54, 1.807) is 0 Å². The predicted molar refractivity (Wildman–Crippen MR) is 67.5 cm³/mol. The summed E-state index contributed by atoms with van der Waals surface area (Å²) >= 11 is 4.70. The van der Waals surface area contributed by atoms with Gasteiger partial charge in [-0.3, -0.25) is 5.84 Å². The van der Waals surface area contributed by atoms with Gasteiger partial charge in [-0.1, -0.05) is 6.07 Å². The molecule has 1 heterocycles. The van der Waals surface area contributed by atoms with Crippen molar-refractivity contribution in [3.63, 3.8) is 0 Å². The third-order valence-corrected chi connectivity index (χ3v) is 4.30. The molecule has 2 rings (SSSR count). The van der Waals surface area contributed by atoms with Crippen molar-refractivity contribution in [1.82, 2.24) is 5.43 Å². The minimum atomic E-state index is -0.703. The first-order valence-corrected chi connectivity index (χ1v) is 6.45. The van der Waals surface area contributed by atoms with Crippen LogP contribution in [-0.4, -0.2) is 0 Å². The van der Waals surface area contributed by atoms with Crippen LogP contribution in [0.1, 0.15) is 16.5 Å². The maximum Gasteiger partial charge on any atom is 0.131 e. The molecule has 17 heavy (non-hydrogen) atoms. The van der Waals surface area contributed by atoms with Crippen molar-refractivity contribution in [3.05, 3.63) is 56.2 Å². The van der Waals surface area contributed by atoms with Crippen LogP contribution >= 0.6 is 27.3 Å². The summed E-state index contributed by atoms with van der Waals surface area (Å²) in [4.78, 5) is 0.733. The van der Waals surface area contributed by atoms with Crippen molar-refractivity contribution in [1.29, 1.82) is 0 Å². The number of nitrogens with one attached hydrogen (secondary N) is 1. The Labute approximate surface area is 110 Å². The molecule has 0 aliphatic heterocycles. The lowest BCUT2D eigenvalue weighted by Gasteiger charge is -2.17. The first-order valence-electron chi connectivity index (χ1n) is 4.78. The van der Waals surface area contributed by atoms with E-state index in [0.29, 0.717) is 0 Å². The van der Waals surface area contributed by atoms with Gasteiger partial charge in [-0.05, 0) is 39.5 Å². The van der Waals surface area contributed by atoms with Crippen molar-refractivity contribution in [2.75, 3.05) is 0 Å². The molecule has 0 aliphatic rings. The Kier molecular flexibility index (Phi) is 3.88. The van der Waals surface area contributed by atoms with E-state index in [9.17, 15) is 8.78 Å². The fourth-order valence-corrected chi connectivity index (χ4v) is 3.26. The molecule has 2 aromatic rings. The van der Waals surface area contributed by atoms with Crippen LogP contribution in [0.4, 0.5) is 8.78 Å². The zero-order valence-corrected chi connectivity index (χ0v) is 11.0. The van der Waals surface area contributed by atoms with Crippen molar-refractivity contribution < 1.29 is 8.78 Å². The van der Waals surface area contributed by atoms with E-state index >= 15 is 0 Å². The topological polar surface area (TPSA) is 38.0 Å². The van der Waals surface area contributed by atoms with Crippen LogP contribution in [0.15, 0.2) is 34.1 Å². The number of benzene rings is 1. The molecule has 6 heteroatoms. The third-order valence-electron chi connectivity index (χ3n) is 2.36. The smallest absolute Gasteiger partial charge is 0.131 e. The van der Waals surface area contributed by atoms with Crippen LogP contribution < -0.4 is 11.3 Å². The van der Waals surface area contributed by atoms with Gasteiger partial charge in [-0.15, -0.1) is 11.3 Å². The van der Waals surface area contributed by atoms with Gasteiger partial charge >= 0.3 is 0 Å². The van der Waals surface area contributed by atoms with Crippen molar-refractivity contribution >= 4 is 27.3 Å². The molecule has 1 atom stereocenters. The van der Waals surface area contributed by atoms with Gasteiger partial charge in [0.1, 0.15) is 11.6 Å². The molecule has 0 saturated carbocycles. The van der Waals surface area contributed by atoms with Gasteiger partial charge in [-0.2, -0.15) is 0 Å². The zero-order chi connectivity index (χ0) is 12.4. The van der Waals surface area contributed by atoms with Gasteiger partial charge in [0.15, 0.2) is 0 Å². The van der Waals surface area contributed by atoms with Crippen LogP contribution in [0.3, 0.4) is 0 Å². The Hall–Kier alpha value is -0.820. The maximum atomic E-state index is 13.7. The third kappa shape index (κ3) is 2.40. The van der Waals surface area contributed by atoms with Gasteiger partial charge < -0.3 is 0 Å². The van der Waals surface area contributed by atoms with Gasteiger partial charge in [0.2, 0.25) is 0 Å². The van der Waals surface area contributed by atoms with Crippen LogP contribution in [0.5, 0.6) is 0 Å². The summed E-state index contributed by atoms with van der Waals surface area (Å²) in [5.74, 6) is 4.17. The van der Waals surface area contributed by atoms with Crippen LogP contribution in [-0.2, 0) is 0 Å². The Bertz CT molecular complexity index is 510. The Morgan fingerprint density at radius 1 is 1.24 bits per heavy atom. The Morgan fingerprint density at radius 3 is 2.35 bits per heavy atom. The highest BCUT2D eigenvalue weighted by molar-refractivity contribution is 9.10. The monoisotopic (exact) mass is 318 g/mol. The summed E-state index contributed by atoms with van der Waals surface area (Å²) in [6.45, 7) is 0. The van der Waals surface area contributed by atoms with Crippen molar-refractivity contribution in [2.24, 2.45) is 5.84 Å². The molecule has 2 nitrogen and oxygen atoms in total. The number of hydrazine groups is 1. The summed E-state index contributed by atoms with van der Waals surface area (Å²) in [6.07, 6.45) is 0. The molecule has 3 N–H and O–H groups in total. The minimum absolute atomic E-state index is 0.0712. The molecule has 0 radical (unpaired) electrons. The quantitative estimate of drug-likeness (QED) is 0.673. The van der Waals surface area contributed by atoms with E-state index < -0.39 is 17.7 Å². The number of halogens is 3. The summed E-state index contributed by atoms with van der Waals surface area (Å²) in [5, 5.41) is 1.82. The molecule has 1 unspecified atom stereocenters. The average molecular weight is 319 g/mol. The standard InChI is InChI=1S/C11H9BrF2N2S/c12-6-4-5-17-11(6)10(16-15)9-7(13)2-1-3-8(9)14/h1-5,10,16H,15H2. The van der Waals surface area contributed by atoms with E-state index in [0.717, 1.165) is 9.35 Å². The average Bonchev–Trinajstić information content (AvgIpc) is 2.70. The lowest BCUT2D eigenvalue weighted by Crippen LogP contribution is -2.30. The zero-order valence-electron chi connectivity index (χ0n) is 8.58.